The van der Waals surface area contributed by atoms with Gasteiger partial charge in [-0.05, 0) is 42.7 Å². The first-order chi connectivity index (χ1) is 9.70. The summed E-state index contributed by atoms with van der Waals surface area (Å²) in [4.78, 5) is 12.9. The van der Waals surface area contributed by atoms with Crippen LogP contribution in [0.1, 0.15) is 43.8 Å². The predicted molar refractivity (Wildman–Crippen MR) is 78.9 cm³/mol. The van der Waals surface area contributed by atoms with Gasteiger partial charge in [0.2, 0.25) is 0 Å². The monoisotopic (exact) mass is 290 g/mol. The van der Waals surface area contributed by atoms with Crippen LogP contribution < -0.4 is 11.4 Å². The first-order valence-electron chi connectivity index (χ1n) is 6.90. The van der Waals surface area contributed by atoms with Crippen molar-refractivity contribution in [2.45, 2.75) is 48.3 Å². The lowest BCUT2D eigenvalue weighted by molar-refractivity contribution is 0.641. The zero-order valence-electron chi connectivity index (χ0n) is 11.4. The predicted octanol–water partition coefficient (Wildman–Crippen LogP) is 2.47. The maximum atomic E-state index is 11.8. The number of hydrogen-bond donors (Lipinski definition) is 2. The second-order valence-electron chi connectivity index (χ2n) is 5.07. The fraction of sp³-hybridized carbons (Fsp3) is 0.429. The molecule has 0 spiro atoms. The van der Waals surface area contributed by atoms with Crippen molar-refractivity contribution in [1.82, 2.24) is 14.8 Å². The highest BCUT2D eigenvalue weighted by molar-refractivity contribution is 7.99. The van der Waals surface area contributed by atoms with E-state index in [4.69, 9.17) is 5.73 Å². The fourth-order valence-corrected chi connectivity index (χ4v) is 3.32. The van der Waals surface area contributed by atoms with Crippen LogP contribution in [0.3, 0.4) is 0 Å². The van der Waals surface area contributed by atoms with Gasteiger partial charge in [-0.2, -0.15) is 0 Å². The maximum absolute atomic E-state index is 11.8. The van der Waals surface area contributed by atoms with Crippen molar-refractivity contribution in [2.24, 2.45) is 5.73 Å². The molecule has 106 valence electrons. The number of nitrogens with one attached hydrogen (secondary N) is 1. The summed E-state index contributed by atoms with van der Waals surface area (Å²) in [7, 11) is 0. The Bertz CT molecular complexity index is 659. The quantitative estimate of drug-likeness (QED) is 0.887. The third kappa shape index (κ3) is 2.53. The Morgan fingerprint density at radius 1 is 1.50 bits per heavy atom. The van der Waals surface area contributed by atoms with Crippen LogP contribution in [0.25, 0.3) is 0 Å². The van der Waals surface area contributed by atoms with E-state index in [1.54, 1.807) is 4.57 Å². The lowest BCUT2D eigenvalue weighted by Gasteiger charge is -2.14. The zero-order valence-corrected chi connectivity index (χ0v) is 12.2. The Labute approximate surface area is 121 Å². The number of nitrogens with zero attached hydrogens (tertiary/aromatic N) is 2. The van der Waals surface area contributed by atoms with Crippen molar-refractivity contribution in [2.75, 3.05) is 0 Å². The Balaban J connectivity index is 1.94. The molecule has 0 bridgehead atoms. The lowest BCUT2D eigenvalue weighted by Crippen LogP contribution is -2.16. The van der Waals surface area contributed by atoms with Gasteiger partial charge in [0.05, 0.1) is 0 Å². The van der Waals surface area contributed by atoms with E-state index >= 15 is 0 Å². The summed E-state index contributed by atoms with van der Waals surface area (Å²) in [5, 5.41) is 7.42. The molecule has 0 amide bonds. The van der Waals surface area contributed by atoms with Crippen molar-refractivity contribution >= 4 is 11.8 Å². The van der Waals surface area contributed by atoms with Crippen LogP contribution in [0.4, 0.5) is 0 Å². The van der Waals surface area contributed by atoms with Crippen LogP contribution in [0.2, 0.25) is 0 Å². The second-order valence-corrected chi connectivity index (χ2v) is 6.08. The molecule has 1 aromatic heterocycles. The van der Waals surface area contributed by atoms with Gasteiger partial charge in [0.1, 0.15) is 0 Å². The third-order valence-electron chi connectivity index (χ3n) is 3.54. The number of aromatic nitrogens is 3. The van der Waals surface area contributed by atoms with Gasteiger partial charge in [0.15, 0.2) is 5.16 Å². The summed E-state index contributed by atoms with van der Waals surface area (Å²) < 4.78 is 1.76. The van der Waals surface area contributed by atoms with E-state index < -0.39 is 0 Å². The van der Waals surface area contributed by atoms with Gasteiger partial charge < -0.3 is 5.73 Å². The number of nitrogens with two attached hydrogens (primary N) is 1. The molecule has 1 atom stereocenters. The molecule has 1 aliphatic carbocycles. The first-order valence-corrected chi connectivity index (χ1v) is 7.71. The van der Waals surface area contributed by atoms with E-state index in [0.29, 0.717) is 6.04 Å². The normalized spacial score (nSPS) is 16.3. The topological polar surface area (TPSA) is 76.7 Å². The lowest BCUT2D eigenvalue weighted by atomic mass is 10.1. The average Bonchev–Trinajstić information content (AvgIpc) is 3.23. The minimum Gasteiger partial charge on any atom is -0.324 e. The van der Waals surface area contributed by atoms with Crippen LogP contribution >= 0.6 is 11.8 Å². The van der Waals surface area contributed by atoms with Gasteiger partial charge in [0.25, 0.3) is 0 Å². The van der Waals surface area contributed by atoms with Crippen LogP contribution in [-0.4, -0.2) is 14.8 Å². The molecule has 3 rings (SSSR count). The Morgan fingerprint density at radius 3 is 2.95 bits per heavy atom. The molecule has 5 nitrogen and oxygen atoms in total. The first kappa shape index (κ1) is 13.5. The molecule has 2 aromatic rings. The molecule has 6 heteroatoms. The van der Waals surface area contributed by atoms with Gasteiger partial charge in [-0.25, -0.2) is 9.89 Å². The van der Waals surface area contributed by atoms with Gasteiger partial charge in [-0.1, -0.05) is 25.1 Å². The SMILES string of the molecule is CC[C@@H](N)c1ccccc1Sc1n[nH]c(=O)n1C1CC1. The molecule has 1 fully saturated rings. The van der Waals surface area contributed by atoms with Crippen molar-refractivity contribution in [3.8, 4) is 0 Å². The molecule has 3 N–H and O–H groups in total. The molecule has 1 saturated carbocycles. The molecule has 20 heavy (non-hydrogen) atoms. The summed E-state index contributed by atoms with van der Waals surface area (Å²) in [6, 6.07) is 8.39. The smallest absolute Gasteiger partial charge is 0.324 e. The summed E-state index contributed by atoms with van der Waals surface area (Å²) in [6.45, 7) is 2.07. The molecular weight excluding hydrogens is 272 g/mol. The molecule has 0 unspecified atom stereocenters. The highest BCUT2D eigenvalue weighted by Gasteiger charge is 2.29. The molecule has 0 saturated heterocycles. The Morgan fingerprint density at radius 2 is 2.25 bits per heavy atom. The van der Waals surface area contributed by atoms with Gasteiger partial charge >= 0.3 is 5.69 Å². The van der Waals surface area contributed by atoms with Gasteiger partial charge in [0, 0.05) is 17.0 Å². The Hall–Kier alpha value is -1.53. The molecule has 0 radical (unpaired) electrons. The summed E-state index contributed by atoms with van der Waals surface area (Å²) in [5.74, 6) is 0. The number of hydrogen-bond acceptors (Lipinski definition) is 4. The number of H-pyrrole nitrogens is 1. The van der Waals surface area contributed by atoms with Crippen molar-refractivity contribution < 1.29 is 0 Å². The van der Waals surface area contributed by atoms with E-state index in [1.807, 2.05) is 24.3 Å². The van der Waals surface area contributed by atoms with Crippen LogP contribution in [0.5, 0.6) is 0 Å². The van der Waals surface area contributed by atoms with Crippen molar-refractivity contribution in [3.05, 3.63) is 40.3 Å². The highest BCUT2D eigenvalue weighted by Crippen LogP contribution is 2.39. The summed E-state index contributed by atoms with van der Waals surface area (Å²) >= 11 is 1.51. The van der Waals surface area contributed by atoms with E-state index in [-0.39, 0.29) is 11.7 Å². The minimum atomic E-state index is -0.118. The van der Waals surface area contributed by atoms with Crippen LogP contribution in [0.15, 0.2) is 39.1 Å². The summed E-state index contributed by atoms with van der Waals surface area (Å²) in [5.41, 5.74) is 7.14. The molecule has 0 aliphatic heterocycles. The molecule has 1 aromatic carbocycles. The second kappa shape index (κ2) is 5.46. The fourth-order valence-electron chi connectivity index (χ4n) is 2.22. The van der Waals surface area contributed by atoms with E-state index in [2.05, 4.69) is 17.1 Å². The maximum Gasteiger partial charge on any atom is 0.344 e. The Kier molecular flexibility index (Phi) is 3.67. The van der Waals surface area contributed by atoms with E-state index in [1.165, 1.54) is 11.8 Å². The highest BCUT2D eigenvalue weighted by atomic mass is 32.2. The third-order valence-corrected chi connectivity index (χ3v) is 4.61. The molecular formula is C14H18N4OS. The van der Waals surface area contributed by atoms with Crippen molar-refractivity contribution in [1.29, 1.82) is 0 Å². The largest absolute Gasteiger partial charge is 0.344 e. The summed E-state index contributed by atoms with van der Waals surface area (Å²) in [6.07, 6.45) is 3.00. The number of rotatable bonds is 5. The van der Waals surface area contributed by atoms with Crippen LogP contribution in [0, 0.1) is 0 Å². The van der Waals surface area contributed by atoms with E-state index in [9.17, 15) is 4.79 Å². The molecule has 1 aliphatic rings. The minimum absolute atomic E-state index is 0.0127. The molecule has 1 heterocycles. The number of aromatic amines is 1. The van der Waals surface area contributed by atoms with Crippen molar-refractivity contribution in [3.63, 3.8) is 0 Å². The standard InChI is InChI=1S/C14H18N4OS/c1-2-11(15)10-5-3-4-6-12(10)20-14-17-16-13(19)18(14)9-7-8-9/h3-6,9,11H,2,7-8,15H2,1H3,(H,16,19)/t11-/m1/s1. The van der Waals surface area contributed by atoms with Crippen LogP contribution in [-0.2, 0) is 0 Å². The average molecular weight is 290 g/mol. The van der Waals surface area contributed by atoms with E-state index in [0.717, 1.165) is 34.9 Å². The van der Waals surface area contributed by atoms with Gasteiger partial charge in [-0.15, -0.1) is 5.10 Å². The zero-order chi connectivity index (χ0) is 14.1. The van der Waals surface area contributed by atoms with Gasteiger partial charge in [-0.3, -0.25) is 4.57 Å². The number of benzene rings is 1.